The lowest BCUT2D eigenvalue weighted by Gasteiger charge is -2.04. The molecule has 0 fully saturated rings. The summed E-state index contributed by atoms with van der Waals surface area (Å²) in [6.45, 7) is 0.646. The zero-order valence-corrected chi connectivity index (χ0v) is 12.1. The van der Waals surface area contributed by atoms with Crippen LogP contribution in [0.5, 0.6) is 0 Å². The number of aromatic nitrogens is 1. The lowest BCUT2D eigenvalue weighted by atomic mass is 10.1. The number of carboxylic acid groups (broad SMARTS) is 1. The first-order valence-corrected chi connectivity index (χ1v) is 7.66. The van der Waals surface area contributed by atoms with Gasteiger partial charge >= 0.3 is 5.97 Å². The van der Waals surface area contributed by atoms with Gasteiger partial charge in [-0.25, -0.2) is 9.37 Å². The predicted octanol–water partition coefficient (Wildman–Crippen LogP) is 3.05. The van der Waals surface area contributed by atoms with Gasteiger partial charge in [0.1, 0.15) is 11.7 Å². The number of thiazole rings is 1. The van der Waals surface area contributed by atoms with E-state index >= 15 is 0 Å². The molecule has 1 aromatic carbocycles. The highest BCUT2D eigenvalue weighted by Crippen LogP contribution is 2.38. The Labute approximate surface area is 125 Å². The van der Waals surface area contributed by atoms with Gasteiger partial charge in [0.25, 0.3) is 0 Å². The van der Waals surface area contributed by atoms with E-state index in [0.717, 1.165) is 22.0 Å². The predicted molar refractivity (Wildman–Crippen MR) is 79.4 cm³/mol. The van der Waals surface area contributed by atoms with Crippen molar-refractivity contribution in [2.24, 2.45) is 0 Å². The molecular formula is C15H15FN2O2S. The first-order chi connectivity index (χ1) is 10.1. The number of hydrogen-bond acceptors (Lipinski definition) is 4. The summed E-state index contributed by atoms with van der Waals surface area (Å²) in [6, 6.07) is 6.52. The summed E-state index contributed by atoms with van der Waals surface area (Å²) in [5.74, 6) is -1.49. The number of nitrogens with one attached hydrogen (secondary N) is 1. The van der Waals surface area contributed by atoms with Gasteiger partial charge in [-0.15, -0.1) is 11.3 Å². The molecule has 110 valence electrons. The third-order valence-electron chi connectivity index (χ3n) is 3.59. The molecule has 0 aliphatic heterocycles. The zero-order chi connectivity index (χ0) is 14.8. The molecular weight excluding hydrogens is 291 g/mol. The van der Waals surface area contributed by atoms with Gasteiger partial charge in [-0.05, 0) is 37.0 Å². The van der Waals surface area contributed by atoms with Crippen LogP contribution < -0.4 is 5.32 Å². The van der Waals surface area contributed by atoms with Crippen molar-refractivity contribution in [1.29, 1.82) is 0 Å². The molecule has 2 N–H and O–H groups in total. The van der Waals surface area contributed by atoms with Crippen LogP contribution in [0.1, 0.15) is 28.5 Å². The van der Waals surface area contributed by atoms with E-state index in [2.05, 4.69) is 10.3 Å². The van der Waals surface area contributed by atoms with Crippen LogP contribution in [0.2, 0.25) is 0 Å². The molecule has 0 saturated carbocycles. The van der Waals surface area contributed by atoms with Gasteiger partial charge in [0, 0.05) is 11.4 Å². The van der Waals surface area contributed by atoms with E-state index in [-0.39, 0.29) is 5.82 Å². The molecule has 3 rings (SSSR count). The minimum absolute atomic E-state index is 0.231. The molecule has 0 radical (unpaired) electrons. The Morgan fingerprint density at radius 3 is 3.14 bits per heavy atom. The highest BCUT2D eigenvalue weighted by atomic mass is 32.1. The molecule has 1 aromatic heterocycles. The fraction of sp³-hybridized carbons (Fsp3) is 0.333. The van der Waals surface area contributed by atoms with E-state index in [1.54, 1.807) is 6.07 Å². The van der Waals surface area contributed by atoms with Gasteiger partial charge < -0.3 is 10.4 Å². The molecule has 2 aromatic rings. The molecule has 1 aliphatic rings. The van der Waals surface area contributed by atoms with Crippen LogP contribution in [0.15, 0.2) is 24.3 Å². The topological polar surface area (TPSA) is 62.2 Å². The Bertz CT molecular complexity index is 671. The van der Waals surface area contributed by atoms with E-state index in [1.807, 2.05) is 6.07 Å². The second-order valence-corrected chi connectivity index (χ2v) is 6.15. The quantitative estimate of drug-likeness (QED) is 0.891. The first kappa shape index (κ1) is 14.0. The van der Waals surface area contributed by atoms with Gasteiger partial charge in [0.2, 0.25) is 0 Å². The number of aryl methyl sites for hydroxylation is 1. The van der Waals surface area contributed by atoms with Crippen LogP contribution >= 0.6 is 11.3 Å². The van der Waals surface area contributed by atoms with E-state index in [4.69, 9.17) is 5.11 Å². The maximum atomic E-state index is 13.1. The van der Waals surface area contributed by atoms with Crippen LogP contribution in [0, 0.1) is 5.82 Å². The summed E-state index contributed by atoms with van der Waals surface area (Å²) >= 11 is 1.52. The van der Waals surface area contributed by atoms with Crippen LogP contribution in [0.4, 0.5) is 9.52 Å². The van der Waals surface area contributed by atoms with Crippen molar-refractivity contribution < 1.29 is 14.3 Å². The molecule has 1 unspecified atom stereocenters. The Balaban J connectivity index is 1.60. The third kappa shape index (κ3) is 3.05. The Hall–Kier alpha value is -1.95. The lowest BCUT2D eigenvalue weighted by Crippen LogP contribution is -2.09. The standard InChI is InChI=1S/C15H15FN2O2S/c16-10-3-1-2-9(8-10)6-7-17-15-18-13-11(14(19)20)4-5-12(13)21-15/h1-3,8,11H,4-7H2,(H,17,18)(H,19,20). The van der Waals surface area contributed by atoms with E-state index < -0.39 is 11.9 Å². The minimum Gasteiger partial charge on any atom is -0.481 e. The van der Waals surface area contributed by atoms with Crippen LogP contribution in [0.3, 0.4) is 0 Å². The van der Waals surface area contributed by atoms with Crippen molar-refractivity contribution in [3.8, 4) is 0 Å². The molecule has 1 atom stereocenters. The summed E-state index contributed by atoms with van der Waals surface area (Å²) in [4.78, 5) is 16.6. The van der Waals surface area contributed by atoms with Crippen LogP contribution in [0.25, 0.3) is 0 Å². The monoisotopic (exact) mass is 306 g/mol. The number of benzene rings is 1. The first-order valence-electron chi connectivity index (χ1n) is 6.84. The van der Waals surface area contributed by atoms with Gasteiger partial charge in [-0.2, -0.15) is 0 Å². The van der Waals surface area contributed by atoms with E-state index in [0.29, 0.717) is 25.1 Å². The number of carbonyl (C=O) groups is 1. The van der Waals surface area contributed by atoms with E-state index in [9.17, 15) is 9.18 Å². The zero-order valence-electron chi connectivity index (χ0n) is 11.3. The van der Waals surface area contributed by atoms with Crippen LogP contribution in [-0.2, 0) is 17.6 Å². The fourth-order valence-electron chi connectivity index (χ4n) is 2.55. The Kier molecular flexibility index (Phi) is 3.88. The molecule has 6 heteroatoms. The molecule has 21 heavy (non-hydrogen) atoms. The van der Waals surface area contributed by atoms with Gasteiger partial charge in [-0.3, -0.25) is 4.79 Å². The summed E-state index contributed by atoms with van der Waals surface area (Å²) in [5, 5.41) is 13.1. The number of rotatable bonds is 5. The van der Waals surface area contributed by atoms with E-state index in [1.165, 1.54) is 23.5 Å². The van der Waals surface area contributed by atoms with Gasteiger partial charge in [0.05, 0.1) is 5.69 Å². The number of fused-ring (bicyclic) bond motifs is 1. The highest BCUT2D eigenvalue weighted by Gasteiger charge is 2.32. The number of nitrogens with zero attached hydrogens (tertiary/aromatic N) is 1. The second kappa shape index (κ2) is 5.81. The average Bonchev–Trinajstić information content (AvgIpc) is 2.98. The normalized spacial score (nSPS) is 16.7. The average molecular weight is 306 g/mol. The van der Waals surface area contributed by atoms with Gasteiger partial charge in [0.15, 0.2) is 5.13 Å². The molecule has 0 amide bonds. The largest absolute Gasteiger partial charge is 0.481 e. The summed E-state index contributed by atoms with van der Waals surface area (Å²) < 4.78 is 13.1. The summed E-state index contributed by atoms with van der Waals surface area (Å²) in [5.41, 5.74) is 1.63. The maximum Gasteiger partial charge on any atom is 0.312 e. The summed E-state index contributed by atoms with van der Waals surface area (Å²) in [6.07, 6.45) is 2.13. The molecule has 1 heterocycles. The molecule has 0 spiro atoms. The molecule has 4 nitrogen and oxygen atoms in total. The van der Waals surface area contributed by atoms with Crippen molar-refractivity contribution in [1.82, 2.24) is 4.98 Å². The Morgan fingerprint density at radius 1 is 1.52 bits per heavy atom. The smallest absolute Gasteiger partial charge is 0.312 e. The van der Waals surface area contributed by atoms with Crippen molar-refractivity contribution in [2.75, 3.05) is 11.9 Å². The van der Waals surface area contributed by atoms with Crippen molar-refractivity contribution in [2.45, 2.75) is 25.2 Å². The van der Waals surface area contributed by atoms with Crippen molar-refractivity contribution >= 4 is 22.4 Å². The third-order valence-corrected chi connectivity index (χ3v) is 4.68. The fourth-order valence-corrected chi connectivity index (χ4v) is 3.61. The van der Waals surface area contributed by atoms with Gasteiger partial charge in [-0.1, -0.05) is 12.1 Å². The number of carboxylic acids is 1. The maximum absolute atomic E-state index is 13.1. The van der Waals surface area contributed by atoms with Crippen LogP contribution in [-0.4, -0.2) is 22.6 Å². The molecule has 0 saturated heterocycles. The van der Waals surface area contributed by atoms with Crippen molar-refractivity contribution in [3.63, 3.8) is 0 Å². The number of halogens is 1. The number of hydrogen-bond donors (Lipinski definition) is 2. The SMILES string of the molecule is O=C(O)C1CCc2sc(NCCc3cccc(F)c3)nc21. The van der Waals surface area contributed by atoms with Crippen molar-refractivity contribution in [3.05, 3.63) is 46.2 Å². The second-order valence-electron chi connectivity index (χ2n) is 5.06. The number of anilines is 1. The number of aliphatic carboxylic acids is 1. The Morgan fingerprint density at radius 2 is 2.38 bits per heavy atom. The minimum atomic E-state index is -0.801. The lowest BCUT2D eigenvalue weighted by molar-refractivity contribution is -0.138. The highest BCUT2D eigenvalue weighted by molar-refractivity contribution is 7.15. The summed E-state index contributed by atoms with van der Waals surface area (Å²) in [7, 11) is 0. The molecule has 0 bridgehead atoms. The molecule has 1 aliphatic carbocycles.